The summed E-state index contributed by atoms with van der Waals surface area (Å²) in [7, 11) is 0. The van der Waals surface area contributed by atoms with Crippen molar-refractivity contribution < 1.29 is 4.74 Å². The normalized spacial score (nSPS) is 20.1. The molecule has 0 aromatic carbocycles. The van der Waals surface area contributed by atoms with Crippen LogP contribution in [0.2, 0.25) is 0 Å². The predicted molar refractivity (Wildman–Crippen MR) is 74.3 cm³/mol. The van der Waals surface area contributed by atoms with Gasteiger partial charge in [-0.2, -0.15) is 0 Å². The van der Waals surface area contributed by atoms with Crippen LogP contribution >= 0.6 is 0 Å². The summed E-state index contributed by atoms with van der Waals surface area (Å²) in [4.78, 5) is 2.56. The molecule has 102 valence electrons. The van der Waals surface area contributed by atoms with Gasteiger partial charge in [-0.15, -0.1) is 0 Å². The van der Waals surface area contributed by atoms with Crippen LogP contribution in [-0.2, 0) is 4.74 Å². The van der Waals surface area contributed by atoms with E-state index in [0.29, 0.717) is 11.5 Å². The van der Waals surface area contributed by atoms with E-state index in [0.717, 1.165) is 19.1 Å². The fourth-order valence-corrected chi connectivity index (χ4v) is 2.64. The molecule has 1 aliphatic rings. The number of nitrogens with zero attached hydrogens (tertiary/aromatic N) is 1. The summed E-state index contributed by atoms with van der Waals surface area (Å²) in [5, 5.41) is 0. The van der Waals surface area contributed by atoms with Gasteiger partial charge in [-0.05, 0) is 51.1 Å². The van der Waals surface area contributed by atoms with Crippen molar-refractivity contribution in [2.75, 3.05) is 26.2 Å². The van der Waals surface area contributed by atoms with Gasteiger partial charge in [0, 0.05) is 6.54 Å². The Morgan fingerprint density at radius 3 is 2.29 bits per heavy atom. The molecule has 0 saturated carbocycles. The number of hydrogen-bond acceptors (Lipinski definition) is 2. The molecule has 0 aromatic heterocycles. The van der Waals surface area contributed by atoms with Crippen LogP contribution in [0, 0.1) is 11.3 Å². The summed E-state index contributed by atoms with van der Waals surface area (Å²) in [5.74, 6) is 0.912. The van der Waals surface area contributed by atoms with Crippen LogP contribution in [0.1, 0.15) is 53.9 Å². The molecule has 0 spiro atoms. The summed E-state index contributed by atoms with van der Waals surface area (Å²) >= 11 is 0. The first kappa shape index (κ1) is 15.0. The second-order valence-electron chi connectivity index (χ2n) is 6.38. The summed E-state index contributed by atoms with van der Waals surface area (Å²) in [6.45, 7) is 15.9. The van der Waals surface area contributed by atoms with Crippen molar-refractivity contribution >= 4 is 0 Å². The molecule has 1 saturated heterocycles. The summed E-state index contributed by atoms with van der Waals surface area (Å²) in [6.07, 6.45) is 4.39. The average molecular weight is 241 g/mol. The van der Waals surface area contributed by atoms with Crippen LogP contribution < -0.4 is 0 Å². The molecule has 0 amide bonds. The first-order valence-corrected chi connectivity index (χ1v) is 7.29. The minimum atomic E-state index is 0.367. The van der Waals surface area contributed by atoms with Crippen molar-refractivity contribution in [3.8, 4) is 0 Å². The fraction of sp³-hybridized carbons (Fsp3) is 1.00. The number of hydrogen-bond donors (Lipinski definition) is 0. The highest BCUT2D eigenvalue weighted by Crippen LogP contribution is 2.37. The third-order valence-electron chi connectivity index (χ3n) is 4.46. The Labute approximate surface area is 108 Å². The quantitative estimate of drug-likeness (QED) is 0.705. The molecule has 1 aliphatic heterocycles. The van der Waals surface area contributed by atoms with Crippen LogP contribution in [-0.4, -0.2) is 37.2 Å². The lowest BCUT2D eigenvalue weighted by molar-refractivity contribution is 0.0392. The SMILES string of the molecule is CCC(C)(C)C1CCN(CCOC(C)C)CC1. The molecule has 0 N–H and O–H groups in total. The zero-order valence-electron chi connectivity index (χ0n) is 12.5. The molecule has 1 fully saturated rings. The molecule has 0 unspecified atom stereocenters. The van der Waals surface area contributed by atoms with Crippen LogP contribution in [0.4, 0.5) is 0 Å². The lowest BCUT2D eigenvalue weighted by Crippen LogP contribution is -2.40. The van der Waals surface area contributed by atoms with Gasteiger partial charge in [0.2, 0.25) is 0 Å². The fourth-order valence-electron chi connectivity index (χ4n) is 2.64. The van der Waals surface area contributed by atoms with Crippen molar-refractivity contribution in [3.63, 3.8) is 0 Å². The van der Waals surface area contributed by atoms with E-state index in [2.05, 4.69) is 39.5 Å². The van der Waals surface area contributed by atoms with Gasteiger partial charge in [0.25, 0.3) is 0 Å². The Morgan fingerprint density at radius 1 is 1.24 bits per heavy atom. The van der Waals surface area contributed by atoms with Gasteiger partial charge in [0.1, 0.15) is 0 Å². The Balaban J connectivity index is 2.22. The second-order valence-corrected chi connectivity index (χ2v) is 6.38. The summed E-state index contributed by atoms with van der Waals surface area (Å²) in [5.41, 5.74) is 0.528. The van der Waals surface area contributed by atoms with Crippen molar-refractivity contribution in [2.24, 2.45) is 11.3 Å². The standard InChI is InChI=1S/C15H31NO/c1-6-15(4,5)14-7-9-16(10-8-14)11-12-17-13(2)3/h13-14H,6-12H2,1-5H3. The van der Waals surface area contributed by atoms with Crippen molar-refractivity contribution in [3.05, 3.63) is 0 Å². The van der Waals surface area contributed by atoms with E-state index in [9.17, 15) is 0 Å². The predicted octanol–water partition coefficient (Wildman–Crippen LogP) is 3.56. The van der Waals surface area contributed by atoms with E-state index in [-0.39, 0.29) is 0 Å². The van der Waals surface area contributed by atoms with Gasteiger partial charge in [0.05, 0.1) is 12.7 Å². The van der Waals surface area contributed by atoms with E-state index in [1.165, 1.54) is 32.4 Å². The van der Waals surface area contributed by atoms with Gasteiger partial charge in [0.15, 0.2) is 0 Å². The lowest BCUT2D eigenvalue weighted by Gasteiger charge is -2.40. The monoisotopic (exact) mass is 241 g/mol. The third-order valence-corrected chi connectivity index (χ3v) is 4.46. The smallest absolute Gasteiger partial charge is 0.0596 e. The van der Waals surface area contributed by atoms with E-state index in [4.69, 9.17) is 4.74 Å². The van der Waals surface area contributed by atoms with Gasteiger partial charge in [-0.1, -0.05) is 27.2 Å². The minimum absolute atomic E-state index is 0.367. The molecule has 1 heterocycles. The molecule has 0 radical (unpaired) electrons. The maximum absolute atomic E-state index is 5.62. The van der Waals surface area contributed by atoms with Crippen LogP contribution in [0.3, 0.4) is 0 Å². The van der Waals surface area contributed by atoms with Crippen molar-refractivity contribution in [2.45, 2.75) is 60.0 Å². The minimum Gasteiger partial charge on any atom is -0.377 e. The molecular weight excluding hydrogens is 210 g/mol. The highest BCUT2D eigenvalue weighted by atomic mass is 16.5. The number of ether oxygens (including phenoxy) is 1. The lowest BCUT2D eigenvalue weighted by atomic mass is 9.72. The number of likely N-dealkylation sites (tertiary alicyclic amines) is 1. The van der Waals surface area contributed by atoms with Crippen molar-refractivity contribution in [1.82, 2.24) is 4.90 Å². The second kappa shape index (κ2) is 6.75. The maximum Gasteiger partial charge on any atom is 0.0596 e. The Bertz CT molecular complexity index is 205. The van der Waals surface area contributed by atoms with Crippen LogP contribution in [0.5, 0.6) is 0 Å². The molecule has 0 bridgehead atoms. The third kappa shape index (κ3) is 4.97. The molecule has 2 nitrogen and oxygen atoms in total. The summed E-state index contributed by atoms with van der Waals surface area (Å²) < 4.78 is 5.62. The topological polar surface area (TPSA) is 12.5 Å². The molecular formula is C15H31NO. The van der Waals surface area contributed by atoms with Crippen LogP contribution in [0.25, 0.3) is 0 Å². The first-order chi connectivity index (χ1) is 7.95. The highest BCUT2D eigenvalue weighted by Gasteiger charge is 2.30. The van der Waals surface area contributed by atoms with Gasteiger partial charge < -0.3 is 9.64 Å². The Kier molecular flexibility index (Phi) is 5.94. The average Bonchev–Trinajstić information content (AvgIpc) is 2.29. The number of piperidine rings is 1. The maximum atomic E-state index is 5.62. The van der Waals surface area contributed by atoms with E-state index in [1.54, 1.807) is 0 Å². The molecule has 0 atom stereocenters. The van der Waals surface area contributed by atoms with E-state index in [1.807, 2.05) is 0 Å². The highest BCUT2D eigenvalue weighted by molar-refractivity contribution is 4.82. The molecule has 0 aliphatic carbocycles. The van der Waals surface area contributed by atoms with Crippen LogP contribution in [0.15, 0.2) is 0 Å². The first-order valence-electron chi connectivity index (χ1n) is 7.29. The van der Waals surface area contributed by atoms with Gasteiger partial charge in [-0.25, -0.2) is 0 Å². The zero-order valence-corrected chi connectivity index (χ0v) is 12.5. The van der Waals surface area contributed by atoms with E-state index >= 15 is 0 Å². The Hall–Kier alpha value is -0.0800. The van der Waals surface area contributed by atoms with E-state index < -0.39 is 0 Å². The molecule has 2 heteroatoms. The van der Waals surface area contributed by atoms with Crippen molar-refractivity contribution in [1.29, 1.82) is 0 Å². The molecule has 17 heavy (non-hydrogen) atoms. The zero-order chi connectivity index (χ0) is 12.9. The Morgan fingerprint density at radius 2 is 1.82 bits per heavy atom. The van der Waals surface area contributed by atoms with Gasteiger partial charge in [-0.3, -0.25) is 0 Å². The summed E-state index contributed by atoms with van der Waals surface area (Å²) in [6, 6.07) is 0. The largest absolute Gasteiger partial charge is 0.377 e. The molecule has 0 aromatic rings. The number of rotatable bonds is 6. The molecule has 1 rings (SSSR count). The van der Waals surface area contributed by atoms with Gasteiger partial charge >= 0.3 is 0 Å².